The summed E-state index contributed by atoms with van der Waals surface area (Å²) < 4.78 is 0. The number of fused-ring (bicyclic) bond motifs is 5. The van der Waals surface area contributed by atoms with E-state index in [4.69, 9.17) is 0 Å². The van der Waals surface area contributed by atoms with Gasteiger partial charge >= 0.3 is 0 Å². The number of rotatable bonds is 2. The van der Waals surface area contributed by atoms with Crippen molar-refractivity contribution in [1.29, 1.82) is 0 Å². The van der Waals surface area contributed by atoms with E-state index in [9.17, 15) is 0 Å². The normalized spacial score (nSPS) is 53.7. The second kappa shape index (κ2) is 4.73. The summed E-state index contributed by atoms with van der Waals surface area (Å²) in [7, 11) is 0. The first-order valence-corrected chi connectivity index (χ1v) is 8.78. The van der Waals surface area contributed by atoms with Crippen molar-refractivity contribution in [2.75, 3.05) is 13.1 Å². The first kappa shape index (κ1) is 12.6. The van der Waals surface area contributed by atoms with Crippen LogP contribution in [-0.2, 0) is 0 Å². The first-order valence-electron chi connectivity index (χ1n) is 8.78. The summed E-state index contributed by atoms with van der Waals surface area (Å²) in [6, 6.07) is 2.48. The Balaban J connectivity index is 1.41. The smallest absolute Gasteiger partial charge is 0.0164 e. The molecule has 3 aliphatic carbocycles. The Kier molecular flexibility index (Phi) is 3.15. The van der Waals surface area contributed by atoms with Crippen LogP contribution < -0.4 is 5.32 Å². The lowest BCUT2D eigenvalue weighted by Gasteiger charge is -2.33. The van der Waals surface area contributed by atoms with Crippen molar-refractivity contribution in [1.82, 2.24) is 10.2 Å². The molecule has 2 bridgehead atoms. The van der Waals surface area contributed by atoms with Gasteiger partial charge in [0.1, 0.15) is 0 Å². The van der Waals surface area contributed by atoms with Gasteiger partial charge in [0.25, 0.3) is 0 Å². The average molecular weight is 262 g/mol. The maximum Gasteiger partial charge on any atom is 0.0164 e. The van der Waals surface area contributed by atoms with Crippen molar-refractivity contribution in [3.63, 3.8) is 0 Å². The van der Waals surface area contributed by atoms with Gasteiger partial charge in [0.15, 0.2) is 0 Å². The lowest BCUT2D eigenvalue weighted by Crippen LogP contribution is -2.45. The van der Waals surface area contributed by atoms with E-state index in [-0.39, 0.29) is 0 Å². The summed E-state index contributed by atoms with van der Waals surface area (Å²) in [5.41, 5.74) is 0. The van der Waals surface area contributed by atoms with Crippen LogP contribution in [0, 0.1) is 23.7 Å². The molecule has 1 N–H and O–H groups in total. The second-order valence-electron chi connectivity index (χ2n) is 7.76. The molecule has 0 amide bonds. The predicted octanol–water partition coefficient (Wildman–Crippen LogP) is 2.88. The Bertz CT molecular complexity index is 326. The molecule has 0 aromatic rings. The summed E-state index contributed by atoms with van der Waals surface area (Å²) in [4.78, 5) is 2.90. The SMILES string of the molecule is CCC1CCN(C2C3C4CCC(C4)C32)CCC(C)N1. The summed E-state index contributed by atoms with van der Waals surface area (Å²) in [5.74, 6) is 4.51. The van der Waals surface area contributed by atoms with Crippen molar-refractivity contribution in [3.8, 4) is 0 Å². The number of hydrogen-bond donors (Lipinski definition) is 1. The van der Waals surface area contributed by atoms with Gasteiger partial charge in [-0.1, -0.05) is 6.92 Å². The number of hydrogen-bond acceptors (Lipinski definition) is 2. The maximum absolute atomic E-state index is 3.80. The van der Waals surface area contributed by atoms with Crippen LogP contribution in [0.15, 0.2) is 0 Å². The Morgan fingerprint density at radius 3 is 2.37 bits per heavy atom. The van der Waals surface area contributed by atoms with Gasteiger partial charge in [0.05, 0.1) is 0 Å². The standard InChI is InChI=1S/C17H30N2/c1-3-14-7-9-19(8-6-11(2)18-14)17-15-12-4-5-13(10-12)16(15)17/h11-18H,3-10H2,1-2H3. The van der Waals surface area contributed by atoms with Crippen LogP contribution >= 0.6 is 0 Å². The fourth-order valence-electron chi connectivity index (χ4n) is 5.75. The van der Waals surface area contributed by atoms with E-state index in [1.807, 2.05) is 0 Å². The lowest BCUT2D eigenvalue weighted by molar-refractivity contribution is 0.177. The predicted molar refractivity (Wildman–Crippen MR) is 79.1 cm³/mol. The fraction of sp³-hybridized carbons (Fsp3) is 1.00. The van der Waals surface area contributed by atoms with Gasteiger partial charge in [-0.05, 0) is 82.2 Å². The average Bonchev–Trinajstić information content (AvgIpc) is 2.82. The van der Waals surface area contributed by atoms with E-state index in [2.05, 4.69) is 24.1 Å². The minimum absolute atomic E-state index is 0.711. The van der Waals surface area contributed by atoms with E-state index in [0.29, 0.717) is 6.04 Å². The zero-order valence-electron chi connectivity index (χ0n) is 12.6. The minimum atomic E-state index is 0.711. The zero-order valence-corrected chi connectivity index (χ0v) is 12.6. The van der Waals surface area contributed by atoms with Gasteiger partial charge in [0.2, 0.25) is 0 Å². The van der Waals surface area contributed by atoms with Crippen LogP contribution in [0.4, 0.5) is 0 Å². The van der Waals surface area contributed by atoms with E-state index < -0.39 is 0 Å². The molecule has 4 aliphatic rings. The Morgan fingerprint density at radius 2 is 1.68 bits per heavy atom. The van der Waals surface area contributed by atoms with E-state index in [1.54, 1.807) is 19.3 Å². The molecule has 2 heteroatoms. The second-order valence-corrected chi connectivity index (χ2v) is 7.76. The van der Waals surface area contributed by atoms with Crippen molar-refractivity contribution in [2.45, 2.75) is 70.5 Å². The lowest BCUT2D eigenvalue weighted by atomic mass is 10.0. The van der Waals surface area contributed by atoms with Crippen LogP contribution in [-0.4, -0.2) is 36.1 Å². The van der Waals surface area contributed by atoms with Crippen molar-refractivity contribution < 1.29 is 0 Å². The monoisotopic (exact) mass is 262 g/mol. The first-order chi connectivity index (χ1) is 9.28. The molecule has 2 nitrogen and oxygen atoms in total. The Morgan fingerprint density at radius 1 is 1.00 bits per heavy atom. The van der Waals surface area contributed by atoms with Gasteiger partial charge in [0, 0.05) is 18.1 Å². The van der Waals surface area contributed by atoms with E-state index in [0.717, 1.165) is 35.8 Å². The fourth-order valence-corrected chi connectivity index (χ4v) is 5.75. The highest BCUT2D eigenvalue weighted by molar-refractivity contribution is 5.17. The molecule has 19 heavy (non-hydrogen) atoms. The van der Waals surface area contributed by atoms with E-state index >= 15 is 0 Å². The quantitative estimate of drug-likeness (QED) is 0.823. The highest BCUT2D eigenvalue weighted by Crippen LogP contribution is 2.67. The van der Waals surface area contributed by atoms with Crippen LogP contribution in [0.3, 0.4) is 0 Å². The Labute approximate surface area is 118 Å². The number of nitrogens with one attached hydrogen (secondary N) is 1. The van der Waals surface area contributed by atoms with Gasteiger partial charge in [-0.2, -0.15) is 0 Å². The van der Waals surface area contributed by atoms with Gasteiger partial charge < -0.3 is 5.32 Å². The maximum atomic E-state index is 3.80. The number of nitrogens with zero attached hydrogens (tertiary/aromatic N) is 1. The minimum Gasteiger partial charge on any atom is -0.311 e. The molecule has 4 fully saturated rings. The molecular weight excluding hydrogens is 232 g/mol. The van der Waals surface area contributed by atoms with E-state index in [1.165, 1.54) is 32.4 Å². The van der Waals surface area contributed by atoms with Gasteiger partial charge in [-0.15, -0.1) is 0 Å². The molecule has 1 heterocycles. The summed E-state index contributed by atoms with van der Waals surface area (Å²) in [6.45, 7) is 7.42. The summed E-state index contributed by atoms with van der Waals surface area (Å²) in [5, 5.41) is 3.80. The topological polar surface area (TPSA) is 15.3 Å². The Hall–Kier alpha value is -0.0800. The van der Waals surface area contributed by atoms with Crippen LogP contribution in [0.5, 0.6) is 0 Å². The molecule has 0 aromatic heterocycles. The molecule has 0 aromatic carbocycles. The molecule has 1 aliphatic heterocycles. The highest BCUT2D eigenvalue weighted by atomic mass is 15.2. The van der Waals surface area contributed by atoms with Crippen molar-refractivity contribution >= 4 is 0 Å². The third-order valence-electron chi connectivity index (χ3n) is 6.74. The molecule has 6 unspecified atom stereocenters. The molecule has 1 saturated heterocycles. The third kappa shape index (κ3) is 2.06. The molecule has 4 rings (SSSR count). The molecule has 0 spiro atoms. The summed E-state index contributed by atoms with van der Waals surface area (Å²) >= 11 is 0. The molecule has 6 atom stereocenters. The largest absolute Gasteiger partial charge is 0.311 e. The molecule has 0 radical (unpaired) electrons. The molecular formula is C17H30N2. The summed E-state index contributed by atoms with van der Waals surface area (Å²) in [6.07, 6.45) is 8.72. The van der Waals surface area contributed by atoms with Crippen molar-refractivity contribution in [3.05, 3.63) is 0 Å². The molecule has 108 valence electrons. The van der Waals surface area contributed by atoms with Crippen LogP contribution in [0.2, 0.25) is 0 Å². The van der Waals surface area contributed by atoms with Crippen LogP contribution in [0.25, 0.3) is 0 Å². The molecule has 3 saturated carbocycles. The third-order valence-corrected chi connectivity index (χ3v) is 6.74. The van der Waals surface area contributed by atoms with Crippen molar-refractivity contribution in [2.24, 2.45) is 23.7 Å². The zero-order chi connectivity index (χ0) is 13.0. The van der Waals surface area contributed by atoms with Gasteiger partial charge in [-0.25, -0.2) is 0 Å². The van der Waals surface area contributed by atoms with Crippen LogP contribution in [0.1, 0.15) is 52.4 Å². The van der Waals surface area contributed by atoms with Gasteiger partial charge in [-0.3, -0.25) is 4.90 Å². The highest BCUT2D eigenvalue weighted by Gasteiger charge is 2.66.